The largest absolute Gasteiger partial charge is 0.111 e. The minimum Gasteiger partial charge on any atom is -0.111 e. The predicted octanol–water partition coefficient (Wildman–Crippen LogP) is 4.23. The first-order valence-corrected chi connectivity index (χ1v) is 4.92. The van der Waals surface area contributed by atoms with E-state index in [0.29, 0.717) is 5.41 Å². The maximum atomic E-state index is 2.70. The summed E-state index contributed by atoms with van der Waals surface area (Å²) in [5.74, 6) is 0. The number of allylic oxidation sites excluding steroid dienone is 2. The molecule has 1 unspecified atom stereocenters. The fourth-order valence-corrected chi connectivity index (χ4v) is 0.585. The zero-order chi connectivity index (χ0) is 9.49. The Kier molecular flexibility index (Phi) is 8.56. The van der Waals surface area contributed by atoms with Gasteiger partial charge in [0.05, 0.1) is 0 Å². The van der Waals surface area contributed by atoms with Crippen LogP contribution in [0.4, 0.5) is 0 Å². The van der Waals surface area contributed by atoms with Crippen LogP contribution in [0.3, 0.4) is 0 Å². The van der Waals surface area contributed by atoms with E-state index in [9.17, 15) is 0 Å². The van der Waals surface area contributed by atoms with Crippen molar-refractivity contribution >= 4 is 9.24 Å². The van der Waals surface area contributed by atoms with Crippen LogP contribution in [0.2, 0.25) is 0 Å². The highest BCUT2D eigenvalue weighted by Gasteiger charge is 2.06. The van der Waals surface area contributed by atoms with Crippen LogP contribution in [-0.2, 0) is 0 Å². The maximum absolute atomic E-state index is 2.70. The highest BCUT2D eigenvalue weighted by Crippen LogP contribution is 2.20. The smallest absolute Gasteiger partial charge is 0.0296 e. The van der Waals surface area contributed by atoms with Crippen molar-refractivity contribution in [1.29, 1.82) is 0 Å². The molecule has 0 fully saturated rings. The highest BCUT2D eigenvalue weighted by molar-refractivity contribution is 7.22. The van der Waals surface area contributed by atoms with Gasteiger partial charge >= 0.3 is 0 Å². The van der Waals surface area contributed by atoms with E-state index in [1.807, 2.05) is 13.8 Å². The number of hydrogen-bond donors (Lipinski definition) is 0. The van der Waals surface area contributed by atoms with E-state index in [1.165, 1.54) is 11.7 Å². The summed E-state index contributed by atoms with van der Waals surface area (Å²) in [4.78, 5) is 0. The van der Waals surface area contributed by atoms with Gasteiger partial charge in [0.15, 0.2) is 0 Å². The summed E-state index contributed by atoms with van der Waals surface area (Å²) in [7, 11) is 2.70. The molecule has 0 radical (unpaired) electrons. The van der Waals surface area contributed by atoms with Crippen molar-refractivity contribution in [3.63, 3.8) is 0 Å². The topological polar surface area (TPSA) is 0 Å². The lowest BCUT2D eigenvalue weighted by Gasteiger charge is -2.14. The highest BCUT2D eigenvalue weighted by atomic mass is 31.0. The molecule has 0 bridgehead atoms. The van der Waals surface area contributed by atoms with Crippen LogP contribution >= 0.6 is 9.24 Å². The SMILES string of the molecule is C/C(P)=C\CC(C)(C)C.CC. The molecule has 0 rings (SSSR count). The third-order valence-corrected chi connectivity index (χ3v) is 1.27. The van der Waals surface area contributed by atoms with Gasteiger partial charge in [0.1, 0.15) is 0 Å². The van der Waals surface area contributed by atoms with Crippen molar-refractivity contribution in [2.24, 2.45) is 5.41 Å². The van der Waals surface area contributed by atoms with E-state index < -0.39 is 0 Å². The lowest BCUT2D eigenvalue weighted by atomic mass is 9.92. The molecule has 0 saturated carbocycles. The van der Waals surface area contributed by atoms with Crippen LogP contribution in [0.5, 0.6) is 0 Å². The van der Waals surface area contributed by atoms with Crippen LogP contribution in [-0.4, -0.2) is 0 Å². The van der Waals surface area contributed by atoms with Crippen LogP contribution in [0.15, 0.2) is 11.4 Å². The molecule has 0 aliphatic heterocycles. The molecule has 0 aromatic heterocycles. The summed E-state index contributed by atoms with van der Waals surface area (Å²) >= 11 is 0. The van der Waals surface area contributed by atoms with Gasteiger partial charge in [-0.3, -0.25) is 0 Å². The minimum atomic E-state index is 0.442. The first-order valence-electron chi connectivity index (χ1n) is 4.34. The molecule has 0 saturated heterocycles. The quantitative estimate of drug-likeness (QED) is 0.522. The Labute approximate surface area is 74.7 Å². The van der Waals surface area contributed by atoms with Crippen LogP contribution in [0.25, 0.3) is 0 Å². The lowest BCUT2D eigenvalue weighted by Crippen LogP contribution is -2.01. The first kappa shape index (κ1) is 13.7. The fraction of sp³-hybridized carbons (Fsp3) is 0.800. The fourth-order valence-electron chi connectivity index (χ4n) is 0.467. The molecule has 0 amide bonds. The lowest BCUT2D eigenvalue weighted by molar-refractivity contribution is 0.420. The molecule has 0 nitrogen and oxygen atoms in total. The Morgan fingerprint density at radius 2 is 1.64 bits per heavy atom. The summed E-state index contributed by atoms with van der Waals surface area (Å²) < 4.78 is 0. The second kappa shape index (κ2) is 6.85. The predicted molar refractivity (Wildman–Crippen MR) is 58.9 cm³/mol. The summed E-state index contributed by atoms with van der Waals surface area (Å²) in [5, 5.41) is 1.34. The molecule has 1 atom stereocenters. The van der Waals surface area contributed by atoms with E-state index in [-0.39, 0.29) is 0 Å². The minimum absolute atomic E-state index is 0.442. The Morgan fingerprint density at radius 3 is 1.73 bits per heavy atom. The summed E-state index contributed by atoms with van der Waals surface area (Å²) in [5.41, 5.74) is 0.442. The second-order valence-electron chi connectivity index (χ2n) is 3.71. The molecule has 0 spiro atoms. The third kappa shape index (κ3) is 17.8. The summed E-state index contributed by atoms with van der Waals surface area (Å²) in [6.07, 6.45) is 3.42. The molecule has 0 heterocycles. The molecular weight excluding hydrogens is 151 g/mol. The molecule has 0 aliphatic rings. The maximum Gasteiger partial charge on any atom is -0.0296 e. The van der Waals surface area contributed by atoms with Gasteiger partial charge in [-0.2, -0.15) is 0 Å². The van der Waals surface area contributed by atoms with Gasteiger partial charge in [0, 0.05) is 0 Å². The first-order chi connectivity index (χ1) is 4.92. The summed E-state index contributed by atoms with van der Waals surface area (Å²) in [6, 6.07) is 0. The average Bonchev–Trinajstić information content (AvgIpc) is 1.87. The van der Waals surface area contributed by atoms with E-state index in [1.54, 1.807) is 0 Å². The van der Waals surface area contributed by atoms with Gasteiger partial charge in [-0.05, 0) is 18.8 Å². The van der Waals surface area contributed by atoms with Gasteiger partial charge in [-0.15, -0.1) is 9.24 Å². The zero-order valence-electron chi connectivity index (χ0n) is 8.86. The summed E-state index contributed by atoms with van der Waals surface area (Å²) in [6.45, 7) is 12.8. The monoisotopic (exact) mass is 174 g/mol. The molecule has 1 heteroatoms. The Balaban J connectivity index is 0. The number of rotatable bonds is 1. The molecule has 68 valence electrons. The molecular formula is C10H23P. The molecule has 11 heavy (non-hydrogen) atoms. The average molecular weight is 174 g/mol. The van der Waals surface area contributed by atoms with Gasteiger partial charge in [-0.25, -0.2) is 0 Å². The van der Waals surface area contributed by atoms with Crippen molar-refractivity contribution in [2.45, 2.75) is 48.0 Å². The van der Waals surface area contributed by atoms with E-state index >= 15 is 0 Å². The van der Waals surface area contributed by atoms with Gasteiger partial charge in [-0.1, -0.05) is 46.0 Å². The third-order valence-electron chi connectivity index (χ3n) is 1.04. The zero-order valence-corrected chi connectivity index (χ0v) is 10.0. The van der Waals surface area contributed by atoms with Crippen LogP contribution in [0.1, 0.15) is 48.0 Å². The molecule has 0 aromatic rings. The second-order valence-corrected chi connectivity index (χ2v) is 4.62. The van der Waals surface area contributed by atoms with Crippen molar-refractivity contribution < 1.29 is 0 Å². The van der Waals surface area contributed by atoms with Gasteiger partial charge < -0.3 is 0 Å². The molecule has 0 N–H and O–H groups in total. The standard InChI is InChI=1S/C8H17P.C2H6/c1-7(9)5-6-8(2,3)4;1-2/h5H,6,9H2,1-4H3;1-2H3/b7-5+;. The van der Waals surface area contributed by atoms with Crippen molar-refractivity contribution in [3.8, 4) is 0 Å². The van der Waals surface area contributed by atoms with E-state index in [2.05, 4.69) is 43.0 Å². The van der Waals surface area contributed by atoms with Crippen molar-refractivity contribution in [2.75, 3.05) is 0 Å². The Morgan fingerprint density at radius 1 is 1.27 bits per heavy atom. The van der Waals surface area contributed by atoms with E-state index in [4.69, 9.17) is 0 Å². The normalized spacial score (nSPS) is 12.1. The Hall–Kier alpha value is 0.170. The van der Waals surface area contributed by atoms with Crippen LogP contribution < -0.4 is 0 Å². The molecule has 0 aromatic carbocycles. The van der Waals surface area contributed by atoms with Gasteiger partial charge in [0.2, 0.25) is 0 Å². The number of hydrogen-bond acceptors (Lipinski definition) is 0. The van der Waals surface area contributed by atoms with Crippen LogP contribution in [0, 0.1) is 5.41 Å². The Bertz CT molecular complexity index is 103. The van der Waals surface area contributed by atoms with Gasteiger partial charge in [0.25, 0.3) is 0 Å². The molecule has 0 aliphatic carbocycles. The van der Waals surface area contributed by atoms with Crippen molar-refractivity contribution in [3.05, 3.63) is 11.4 Å². The van der Waals surface area contributed by atoms with Crippen molar-refractivity contribution in [1.82, 2.24) is 0 Å². The van der Waals surface area contributed by atoms with E-state index in [0.717, 1.165) is 0 Å².